The van der Waals surface area contributed by atoms with Crippen molar-refractivity contribution in [3.63, 3.8) is 0 Å². The molecule has 0 unspecified atom stereocenters. The van der Waals surface area contributed by atoms with E-state index in [-0.39, 0.29) is 0 Å². The van der Waals surface area contributed by atoms with Crippen LogP contribution in [0.15, 0.2) is 18.2 Å². The lowest BCUT2D eigenvalue weighted by Crippen LogP contribution is -2.48. The third-order valence-corrected chi connectivity index (χ3v) is 2.53. The Hall–Kier alpha value is -1.98. The predicted molar refractivity (Wildman–Crippen MR) is 64.8 cm³/mol. The van der Waals surface area contributed by atoms with Gasteiger partial charge in [0.1, 0.15) is 6.54 Å². The van der Waals surface area contributed by atoms with E-state index in [2.05, 4.69) is 0 Å². The van der Waals surface area contributed by atoms with Crippen molar-refractivity contribution in [1.82, 2.24) is 4.90 Å². The first-order valence-electron chi connectivity index (χ1n) is 5.62. The van der Waals surface area contributed by atoms with Gasteiger partial charge in [0, 0.05) is 5.54 Å². The fourth-order valence-corrected chi connectivity index (χ4v) is 1.56. The molecule has 0 aliphatic heterocycles. The zero-order valence-electron chi connectivity index (χ0n) is 10.9. The van der Waals surface area contributed by atoms with Gasteiger partial charge >= 0.3 is 5.97 Å². The lowest BCUT2D eigenvalue weighted by atomic mass is 10.0. The number of carbonyl (C=O) groups is 2. The second kappa shape index (κ2) is 5.34. The molecule has 6 heteroatoms. The van der Waals surface area contributed by atoms with Crippen molar-refractivity contribution in [3.05, 3.63) is 35.4 Å². The zero-order chi connectivity index (χ0) is 14.8. The molecule has 1 aromatic carbocycles. The van der Waals surface area contributed by atoms with Crippen LogP contribution in [0.4, 0.5) is 8.78 Å². The molecule has 0 aliphatic carbocycles. The van der Waals surface area contributed by atoms with Crippen molar-refractivity contribution >= 4 is 11.9 Å². The highest BCUT2D eigenvalue weighted by atomic mass is 19.2. The number of hydrogen-bond donors (Lipinski definition) is 1. The lowest BCUT2D eigenvalue weighted by Gasteiger charge is -2.34. The highest BCUT2D eigenvalue weighted by Gasteiger charge is 2.31. The number of amides is 1. The number of hydrogen-bond acceptors (Lipinski definition) is 2. The molecule has 0 radical (unpaired) electrons. The molecule has 1 aromatic rings. The minimum Gasteiger partial charge on any atom is -0.480 e. The Morgan fingerprint density at radius 2 is 1.84 bits per heavy atom. The summed E-state index contributed by atoms with van der Waals surface area (Å²) in [6.45, 7) is 4.26. The largest absolute Gasteiger partial charge is 0.480 e. The Bertz CT molecular complexity index is 509. The van der Waals surface area contributed by atoms with Crippen LogP contribution in [0.5, 0.6) is 0 Å². The summed E-state index contributed by atoms with van der Waals surface area (Å²) >= 11 is 0. The second-order valence-electron chi connectivity index (χ2n) is 5.06. The molecule has 0 bridgehead atoms. The molecule has 19 heavy (non-hydrogen) atoms. The van der Waals surface area contributed by atoms with Crippen molar-refractivity contribution in [1.29, 1.82) is 0 Å². The van der Waals surface area contributed by atoms with Crippen LogP contribution in [-0.4, -0.2) is 34.0 Å². The van der Waals surface area contributed by atoms with Crippen LogP contribution in [0.3, 0.4) is 0 Å². The molecule has 0 aromatic heterocycles. The van der Waals surface area contributed by atoms with E-state index in [0.29, 0.717) is 0 Å². The molecular weight excluding hydrogens is 256 g/mol. The fraction of sp³-hybridized carbons (Fsp3) is 0.385. The third-order valence-electron chi connectivity index (χ3n) is 2.53. The van der Waals surface area contributed by atoms with Gasteiger partial charge in [-0.1, -0.05) is 6.07 Å². The highest BCUT2D eigenvalue weighted by molar-refractivity contribution is 5.96. The van der Waals surface area contributed by atoms with Gasteiger partial charge in [0.15, 0.2) is 11.6 Å². The van der Waals surface area contributed by atoms with Crippen LogP contribution >= 0.6 is 0 Å². The Kier molecular flexibility index (Phi) is 4.24. The molecule has 1 amide bonds. The Morgan fingerprint density at radius 3 is 2.32 bits per heavy atom. The van der Waals surface area contributed by atoms with Crippen molar-refractivity contribution in [2.75, 3.05) is 6.54 Å². The first kappa shape index (κ1) is 15.1. The molecule has 1 rings (SSSR count). The van der Waals surface area contributed by atoms with E-state index < -0.39 is 41.2 Å². The van der Waals surface area contributed by atoms with Gasteiger partial charge in [-0.25, -0.2) is 8.78 Å². The lowest BCUT2D eigenvalue weighted by molar-refractivity contribution is -0.138. The summed E-state index contributed by atoms with van der Waals surface area (Å²) in [5.74, 6) is -4.49. The van der Waals surface area contributed by atoms with E-state index in [1.807, 2.05) is 0 Å². The zero-order valence-corrected chi connectivity index (χ0v) is 10.9. The molecule has 0 saturated carbocycles. The fourth-order valence-electron chi connectivity index (χ4n) is 1.56. The van der Waals surface area contributed by atoms with E-state index in [0.717, 1.165) is 17.0 Å². The molecular formula is C13H15F2NO3. The standard InChI is InChI=1S/C13H15F2NO3/c1-13(2,3)16(7-10(17)18)12(19)8-5-4-6-9(14)11(8)15/h4-6H,7H2,1-3H3,(H,17,18). The number of nitrogens with zero attached hydrogens (tertiary/aromatic N) is 1. The maximum Gasteiger partial charge on any atom is 0.323 e. The number of halogens is 2. The van der Waals surface area contributed by atoms with Gasteiger partial charge in [0.05, 0.1) is 5.56 Å². The molecule has 0 aliphatic rings. The first-order chi connectivity index (χ1) is 8.64. The minimum absolute atomic E-state index is 0.476. The quantitative estimate of drug-likeness (QED) is 0.917. The van der Waals surface area contributed by atoms with Gasteiger partial charge in [0.2, 0.25) is 0 Å². The van der Waals surface area contributed by atoms with E-state index in [1.54, 1.807) is 20.8 Å². The maximum absolute atomic E-state index is 13.6. The van der Waals surface area contributed by atoms with Crippen LogP contribution in [0.1, 0.15) is 31.1 Å². The van der Waals surface area contributed by atoms with Crippen LogP contribution in [-0.2, 0) is 4.79 Å². The topological polar surface area (TPSA) is 57.6 Å². The summed E-state index contributed by atoms with van der Waals surface area (Å²) in [6, 6.07) is 3.22. The predicted octanol–water partition coefficient (Wildman–Crippen LogP) is 2.29. The van der Waals surface area contributed by atoms with Gasteiger partial charge in [-0.2, -0.15) is 0 Å². The Balaban J connectivity index is 3.20. The number of aliphatic carboxylic acids is 1. The molecule has 0 saturated heterocycles. The monoisotopic (exact) mass is 271 g/mol. The normalized spacial score (nSPS) is 11.2. The molecule has 0 spiro atoms. The van der Waals surface area contributed by atoms with Crippen molar-refractivity contribution in [2.45, 2.75) is 26.3 Å². The van der Waals surface area contributed by atoms with E-state index in [1.165, 1.54) is 6.07 Å². The van der Waals surface area contributed by atoms with E-state index in [4.69, 9.17) is 5.11 Å². The number of carboxylic acid groups (broad SMARTS) is 1. The van der Waals surface area contributed by atoms with E-state index >= 15 is 0 Å². The summed E-state index contributed by atoms with van der Waals surface area (Å²) in [5, 5.41) is 8.81. The molecule has 4 nitrogen and oxygen atoms in total. The number of rotatable bonds is 3. The van der Waals surface area contributed by atoms with Crippen molar-refractivity contribution in [3.8, 4) is 0 Å². The number of carbonyl (C=O) groups excluding carboxylic acids is 1. The Labute approximate surface area is 109 Å². The van der Waals surface area contributed by atoms with Gasteiger partial charge in [0.25, 0.3) is 5.91 Å². The summed E-state index contributed by atoms with van der Waals surface area (Å²) in [5.41, 5.74) is -1.30. The van der Waals surface area contributed by atoms with Gasteiger partial charge in [-0.15, -0.1) is 0 Å². The second-order valence-corrected chi connectivity index (χ2v) is 5.06. The molecule has 0 heterocycles. The van der Waals surface area contributed by atoms with Crippen LogP contribution in [0, 0.1) is 11.6 Å². The van der Waals surface area contributed by atoms with Crippen LogP contribution < -0.4 is 0 Å². The minimum atomic E-state index is -1.27. The Morgan fingerprint density at radius 1 is 1.26 bits per heavy atom. The SMILES string of the molecule is CC(C)(C)N(CC(=O)O)C(=O)c1cccc(F)c1F. The number of carboxylic acids is 1. The summed E-state index contributed by atoms with van der Waals surface area (Å²) in [6.07, 6.45) is 0. The number of benzene rings is 1. The molecule has 104 valence electrons. The summed E-state index contributed by atoms with van der Waals surface area (Å²) in [4.78, 5) is 23.9. The molecule has 0 atom stereocenters. The van der Waals surface area contributed by atoms with Crippen LogP contribution in [0.25, 0.3) is 0 Å². The average Bonchev–Trinajstić information content (AvgIpc) is 2.27. The van der Waals surface area contributed by atoms with Crippen molar-refractivity contribution < 1.29 is 23.5 Å². The first-order valence-corrected chi connectivity index (χ1v) is 5.62. The molecule has 1 N–H and O–H groups in total. The van der Waals surface area contributed by atoms with Gasteiger partial charge < -0.3 is 10.0 Å². The maximum atomic E-state index is 13.6. The average molecular weight is 271 g/mol. The molecule has 0 fully saturated rings. The van der Waals surface area contributed by atoms with Crippen molar-refractivity contribution in [2.24, 2.45) is 0 Å². The highest BCUT2D eigenvalue weighted by Crippen LogP contribution is 2.20. The van der Waals surface area contributed by atoms with E-state index in [9.17, 15) is 18.4 Å². The summed E-state index contributed by atoms with van der Waals surface area (Å²) in [7, 11) is 0. The van der Waals surface area contributed by atoms with Gasteiger partial charge in [-0.3, -0.25) is 9.59 Å². The summed E-state index contributed by atoms with van der Waals surface area (Å²) < 4.78 is 26.7. The smallest absolute Gasteiger partial charge is 0.323 e. The van der Waals surface area contributed by atoms with Gasteiger partial charge in [-0.05, 0) is 32.9 Å². The third kappa shape index (κ3) is 3.49. The van der Waals surface area contributed by atoms with Crippen LogP contribution in [0.2, 0.25) is 0 Å².